The van der Waals surface area contributed by atoms with Crippen molar-refractivity contribution < 1.29 is 13.6 Å². The first kappa shape index (κ1) is 14.0. The van der Waals surface area contributed by atoms with Crippen molar-refractivity contribution in [1.82, 2.24) is 0 Å². The molecule has 0 spiro atoms. The van der Waals surface area contributed by atoms with E-state index in [1.165, 1.54) is 30.3 Å². The zero-order valence-electron chi connectivity index (χ0n) is 9.45. The first-order chi connectivity index (χ1) is 8.97. The lowest BCUT2D eigenvalue weighted by atomic mass is 10.2. The van der Waals surface area contributed by atoms with E-state index >= 15 is 0 Å². The third-order valence-corrected chi connectivity index (χ3v) is 3.34. The van der Waals surface area contributed by atoms with E-state index < -0.39 is 17.5 Å². The largest absolute Gasteiger partial charge is 0.322 e. The Hall–Kier alpha value is -1.40. The molecule has 2 aromatic carbocycles. The standard InChI is InChI=1S/C13H8BrF2NOS/c14-9-6-8(2-4-10(9)15)17-13(18)7-1-3-11(16)12(19)5-7/h1-6,19H,(H,17,18). The second-order valence-electron chi connectivity index (χ2n) is 3.75. The predicted octanol–water partition coefficient (Wildman–Crippen LogP) is 4.27. The number of carbonyl (C=O) groups excluding carboxylic acids is 1. The average molecular weight is 344 g/mol. The van der Waals surface area contributed by atoms with Crippen LogP contribution in [0.25, 0.3) is 0 Å². The van der Waals surface area contributed by atoms with Crippen molar-refractivity contribution in [2.75, 3.05) is 5.32 Å². The zero-order chi connectivity index (χ0) is 14.0. The molecular formula is C13H8BrF2NOS. The molecule has 1 N–H and O–H groups in total. The Labute approximate surface area is 122 Å². The lowest BCUT2D eigenvalue weighted by Gasteiger charge is -2.07. The fourth-order valence-electron chi connectivity index (χ4n) is 1.43. The Morgan fingerprint density at radius 1 is 1.11 bits per heavy atom. The molecule has 0 radical (unpaired) electrons. The molecule has 0 saturated heterocycles. The number of rotatable bonds is 2. The molecule has 0 fully saturated rings. The fraction of sp³-hybridized carbons (Fsp3) is 0. The maximum Gasteiger partial charge on any atom is 0.255 e. The van der Waals surface area contributed by atoms with Gasteiger partial charge in [0.15, 0.2) is 0 Å². The van der Waals surface area contributed by atoms with Gasteiger partial charge in [0.1, 0.15) is 11.6 Å². The van der Waals surface area contributed by atoms with Gasteiger partial charge in [-0.3, -0.25) is 4.79 Å². The number of thiol groups is 1. The summed E-state index contributed by atoms with van der Waals surface area (Å²) in [6.45, 7) is 0. The van der Waals surface area contributed by atoms with E-state index in [1.54, 1.807) is 0 Å². The van der Waals surface area contributed by atoms with E-state index in [-0.39, 0.29) is 14.9 Å². The van der Waals surface area contributed by atoms with Gasteiger partial charge in [0.25, 0.3) is 5.91 Å². The molecule has 0 bridgehead atoms. The van der Waals surface area contributed by atoms with Crippen molar-refractivity contribution in [1.29, 1.82) is 0 Å². The third kappa shape index (κ3) is 3.33. The van der Waals surface area contributed by atoms with Crippen molar-refractivity contribution >= 4 is 40.2 Å². The minimum Gasteiger partial charge on any atom is -0.322 e. The van der Waals surface area contributed by atoms with Crippen molar-refractivity contribution in [3.63, 3.8) is 0 Å². The van der Waals surface area contributed by atoms with Gasteiger partial charge < -0.3 is 5.32 Å². The van der Waals surface area contributed by atoms with E-state index in [0.29, 0.717) is 5.69 Å². The molecule has 0 aliphatic carbocycles. The van der Waals surface area contributed by atoms with Gasteiger partial charge in [0.05, 0.1) is 4.47 Å². The molecule has 0 unspecified atom stereocenters. The summed E-state index contributed by atoms with van der Waals surface area (Å²) in [5, 5.41) is 2.58. The van der Waals surface area contributed by atoms with E-state index in [4.69, 9.17) is 0 Å². The summed E-state index contributed by atoms with van der Waals surface area (Å²) >= 11 is 6.93. The molecule has 0 atom stereocenters. The van der Waals surface area contributed by atoms with Gasteiger partial charge in [0, 0.05) is 16.1 Å². The molecule has 2 nitrogen and oxygen atoms in total. The van der Waals surface area contributed by atoms with E-state index in [2.05, 4.69) is 33.9 Å². The summed E-state index contributed by atoms with van der Waals surface area (Å²) in [5.41, 5.74) is 0.704. The van der Waals surface area contributed by atoms with Crippen LogP contribution in [0.1, 0.15) is 10.4 Å². The van der Waals surface area contributed by atoms with Crippen LogP contribution >= 0.6 is 28.6 Å². The molecule has 98 valence electrons. The van der Waals surface area contributed by atoms with Crippen LogP contribution in [-0.4, -0.2) is 5.91 Å². The predicted molar refractivity (Wildman–Crippen MR) is 75.7 cm³/mol. The fourth-order valence-corrected chi connectivity index (χ4v) is 2.02. The highest BCUT2D eigenvalue weighted by atomic mass is 79.9. The summed E-state index contributed by atoms with van der Waals surface area (Å²) in [5.74, 6) is -1.34. The van der Waals surface area contributed by atoms with Gasteiger partial charge in [-0.1, -0.05) is 0 Å². The quantitative estimate of drug-likeness (QED) is 0.783. The molecule has 0 aliphatic rings. The maximum atomic E-state index is 13.0. The minimum atomic E-state index is -0.496. The molecule has 2 aromatic rings. The lowest BCUT2D eigenvalue weighted by molar-refractivity contribution is 0.102. The van der Waals surface area contributed by atoms with Crippen LogP contribution in [0.15, 0.2) is 45.8 Å². The topological polar surface area (TPSA) is 29.1 Å². The molecule has 0 saturated carbocycles. The van der Waals surface area contributed by atoms with Gasteiger partial charge >= 0.3 is 0 Å². The van der Waals surface area contributed by atoms with Crippen LogP contribution in [0.4, 0.5) is 14.5 Å². The van der Waals surface area contributed by atoms with Crippen molar-refractivity contribution in [3.8, 4) is 0 Å². The Bertz CT molecular complexity index is 649. The van der Waals surface area contributed by atoms with Crippen molar-refractivity contribution in [2.45, 2.75) is 4.90 Å². The van der Waals surface area contributed by atoms with Crippen LogP contribution < -0.4 is 5.32 Å². The number of benzene rings is 2. The van der Waals surface area contributed by atoms with E-state index in [0.717, 1.165) is 6.07 Å². The minimum absolute atomic E-state index is 0.0907. The normalized spacial score (nSPS) is 10.3. The number of hydrogen-bond acceptors (Lipinski definition) is 2. The summed E-state index contributed by atoms with van der Waals surface area (Å²) in [6, 6.07) is 7.95. The second kappa shape index (κ2) is 5.71. The molecule has 0 heterocycles. The molecule has 19 heavy (non-hydrogen) atoms. The highest BCUT2D eigenvalue weighted by Crippen LogP contribution is 2.21. The highest BCUT2D eigenvalue weighted by molar-refractivity contribution is 9.10. The number of halogens is 3. The van der Waals surface area contributed by atoms with Crippen molar-refractivity contribution in [3.05, 3.63) is 58.1 Å². The maximum absolute atomic E-state index is 13.0. The number of hydrogen-bond donors (Lipinski definition) is 2. The SMILES string of the molecule is O=C(Nc1ccc(F)c(Br)c1)c1ccc(F)c(S)c1. The van der Waals surface area contributed by atoms with Gasteiger partial charge in [-0.2, -0.15) is 0 Å². The van der Waals surface area contributed by atoms with Gasteiger partial charge in [0.2, 0.25) is 0 Å². The Kier molecular flexibility index (Phi) is 4.21. The highest BCUT2D eigenvalue weighted by Gasteiger charge is 2.09. The first-order valence-electron chi connectivity index (χ1n) is 5.22. The van der Waals surface area contributed by atoms with Crippen LogP contribution in [0, 0.1) is 11.6 Å². The van der Waals surface area contributed by atoms with Crippen LogP contribution in [-0.2, 0) is 0 Å². The molecular weight excluding hydrogens is 336 g/mol. The average Bonchev–Trinajstić information content (AvgIpc) is 2.37. The van der Waals surface area contributed by atoms with Gasteiger partial charge in [-0.05, 0) is 52.3 Å². The number of nitrogens with one attached hydrogen (secondary N) is 1. The first-order valence-corrected chi connectivity index (χ1v) is 6.46. The lowest BCUT2D eigenvalue weighted by Crippen LogP contribution is -2.12. The number of anilines is 1. The summed E-state index contributed by atoms with van der Waals surface area (Å²) in [7, 11) is 0. The van der Waals surface area contributed by atoms with E-state index in [9.17, 15) is 13.6 Å². The monoisotopic (exact) mass is 343 g/mol. The summed E-state index contributed by atoms with van der Waals surface area (Å²) in [6.07, 6.45) is 0. The van der Waals surface area contributed by atoms with Crippen LogP contribution in [0.3, 0.4) is 0 Å². The number of carbonyl (C=O) groups is 1. The van der Waals surface area contributed by atoms with E-state index in [1.807, 2.05) is 0 Å². The zero-order valence-corrected chi connectivity index (χ0v) is 11.9. The van der Waals surface area contributed by atoms with Crippen molar-refractivity contribution in [2.24, 2.45) is 0 Å². The molecule has 2 rings (SSSR count). The summed E-state index contributed by atoms with van der Waals surface area (Å²) in [4.78, 5) is 12.0. The Morgan fingerprint density at radius 3 is 2.42 bits per heavy atom. The Balaban J connectivity index is 2.20. The van der Waals surface area contributed by atoms with Gasteiger partial charge in [-0.25, -0.2) is 8.78 Å². The van der Waals surface area contributed by atoms with Crippen LogP contribution in [0.2, 0.25) is 0 Å². The Morgan fingerprint density at radius 2 is 1.79 bits per heavy atom. The summed E-state index contributed by atoms with van der Waals surface area (Å²) < 4.78 is 26.3. The van der Waals surface area contributed by atoms with Gasteiger partial charge in [-0.15, -0.1) is 12.6 Å². The second-order valence-corrected chi connectivity index (χ2v) is 5.09. The number of amides is 1. The third-order valence-electron chi connectivity index (χ3n) is 2.39. The molecule has 0 aromatic heterocycles. The molecule has 1 amide bonds. The molecule has 6 heteroatoms. The van der Waals surface area contributed by atoms with Crippen LogP contribution in [0.5, 0.6) is 0 Å². The smallest absolute Gasteiger partial charge is 0.255 e. The molecule has 0 aliphatic heterocycles.